The molecule has 3 N–H and O–H groups in total. The molecular formula is C21H26ClN5O3. The van der Waals surface area contributed by atoms with Gasteiger partial charge >= 0.3 is 0 Å². The molecule has 8 nitrogen and oxygen atoms in total. The Bertz CT molecular complexity index is 1030. The summed E-state index contributed by atoms with van der Waals surface area (Å²) >= 11 is 6.02. The molecule has 1 unspecified atom stereocenters. The van der Waals surface area contributed by atoms with E-state index < -0.39 is 5.60 Å². The first kappa shape index (κ1) is 21.9. The predicted octanol–water partition coefficient (Wildman–Crippen LogP) is 3.56. The van der Waals surface area contributed by atoms with Crippen LogP contribution in [0, 0.1) is 13.8 Å². The van der Waals surface area contributed by atoms with E-state index in [2.05, 4.69) is 25.8 Å². The van der Waals surface area contributed by atoms with E-state index in [0.29, 0.717) is 35.0 Å². The summed E-state index contributed by atoms with van der Waals surface area (Å²) < 4.78 is 10.8. The molecule has 0 saturated carbocycles. The summed E-state index contributed by atoms with van der Waals surface area (Å²) in [7, 11) is 0. The van der Waals surface area contributed by atoms with E-state index in [1.807, 2.05) is 39.0 Å². The maximum atomic E-state index is 10.9. The van der Waals surface area contributed by atoms with Crippen molar-refractivity contribution in [3.8, 4) is 11.4 Å². The molecule has 0 saturated heterocycles. The van der Waals surface area contributed by atoms with Gasteiger partial charge in [0.05, 0.1) is 6.54 Å². The number of nitrogens with one attached hydrogen (secondary N) is 2. The zero-order valence-electron chi connectivity index (χ0n) is 17.5. The molecule has 0 spiro atoms. The number of aliphatic hydroxyl groups is 1. The lowest BCUT2D eigenvalue weighted by molar-refractivity contribution is 0.0601. The number of guanidine groups is 1. The Labute approximate surface area is 180 Å². The Hall–Kier alpha value is -2.84. The molecule has 1 aromatic carbocycles. The number of aryl methyl sites for hydroxylation is 2. The van der Waals surface area contributed by atoms with Crippen molar-refractivity contribution in [2.24, 2.45) is 4.99 Å². The molecular weight excluding hydrogens is 406 g/mol. The van der Waals surface area contributed by atoms with Gasteiger partial charge in [-0.3, -0.25) is 0 Å². The highest BCUT2D eigenvalue weighted by molar-refractivity contribution is 6.30. The number of aromatic nitrogens is 2. The lowest BCUT2D eigenvalue weighted by Gasteiger charge is -2.24. The van der Waals surface area contributed by atoms with Gasteiger partial charge in [0.2, 0.25) is 11.7 Å². The van der Waals surface area contributed by atoms with Crippen molar-refractivity contribution in [1.82, 2.24) is 20.8 Å². The summed E-state index contributed by atoms with van der Waals surface area (Å²) in [5.41, 5.74) is 0.391. The van der Waals surface area contributed by atoms with Crippen LogP contribution in [-0.4, -0.2) is 34.3 Å². The Balaban J connectivity index is 1.67. The van der Waals surface area contributed by atoms with Crippen molar-refractivity contribution in [2.45, 2.75) is 39.8 Å². The largest absolute Gasteiger partial charge is 0.466 e. The van der Waals surface area contributed by atoms with Gasteiger partial charge in [0.15, 0.2) is 5.96 Å². The molecule has 9 heteroatoms. The lowest BCUT2D eigenvalue weighted by Crippen LogP contribution is -2.44. The molecule has 30 heavy (non-hydrogen) atoms. The lowest BCUT2D eigenvalue weighted by atomic mass is 9.96. The Morgan fingerprint density at radius 1 is 1.27 bits per heavy atom. The first-order valence-electron chi connectivity index (χ1n) is 9.69. The monoisotopic (exact) mass is 431 g/mol. The second-order valence-electron chi connectivity index (χ2n) is 7.17. The molecule has 2 aromatic heterocycles. The van der Waals surface area contributed by atoms with E-state index in [0.717, 1.165) is 16.9 Å². The fourth-order valence-electron chi connectivity index (χ4n) is 3.07. The van der Waals surface area contributed by atoms with E-state index in [1.165, 1.54) is 0 Å². The number of hydrogen-bond acceptors (Lipinski definition) is 6. The predicted molar refractivity (Wildman–Crippen MR) is 115 cm³/mol. The number of furan rings is 1. The van der Waals surface area contributed by atoms with Gasteiger partial charge in [-0.25, -0.2) is 4.99 Å². The number of halogens is 1. The van der Waals surface area contributed by atoms with Crippen molar-refractivity contribution in [3.05, 3.63) is 58.3 Å². The van der Waals surface area contributed by atoms with E-state index in [9.17, 15) is 5.11 Å². The van der Waals surface area contributed by atoms with E-state index in [4.69, 9.17) is 20.5 Å². The van der Waals surface area contributed by atoms with Crippen molar-refractivity contribution >= 4 is 17.6 Å². The van der Waals surface area contributed by atoms with Gasteiger partial charge < -0.3 is 24.7 Å². The van der Waals surface area contributed by atoms with Gasteiger partial charge in [0.25, 0.3) is 0 Å². The quantitative estimate of drug-likeness (QED) is 0.387. The van der Waals surface area contributed by atoms with Crippen molar-refractivity contribution in [3.63, 3.8) is 0 Å². The third-order valence-electron chi connectivity index (χ3n) is 4.49. The third kappa shape index (κ3) is 5.40. The Morgan fingerprint density at radius 2 is 2.07 bits per heavy atom. The number of benzene rings is 1. The van der Waals surface area contributed by atoms with Gasteiger partial charge in [-0.2, -0.15) is 4.98 Å². The molecule has 0 fully saturated rings. The van der Waals surface area contributed by atoms with Crippen LogP contribution in [0.5, 0.6) is 0 Å². The van der Waals surface area contributed by atoms with Crippen LogP contribution in [0.2, 0.25) is 5.02 Å². The SMILES string of the molecule is CCNC(=NCc1nc(-c2cccc(Cl)c2)no1)NCC(C)(O)c1cc(C)oc1C. The van der Waals surface area contributed by atoms with Gasteiger partial charge in [0.1, 0.15) is 23.7 Å². The maximum Gasteiger partial charge on any atom is 0.248 e. The van der Waals surface area contributed by atoms with Crippen LogP contribution >= 0.6 is 11.6 Å². The average molecular weight is 432 g/mol. The fourth-order valence-corrected chi connectivity index (χ4v) is 3.26. The number of aliphatic imine (C=N–C) groups is 1. The zero-order chi connectivity index (χ0) is 21.7. The van der Waals surface area contributed by atoms with E-state index in [-0.39, 0.29) is 13.1 Å². The molecule has 0 aliphatic rings. The molecule has 0 radical (unpaired) electrons. The summed E-state index contributed by atoms with van der Waals surface area (Å²) in [6.45, 7) is 8.48. The summed E-state index contributed by atoms with van der Waals surface area (Å²) in [4.78, 5) is 8.83. The average Bonchev–Trinajstić information content (AvgIpc) is 3.30. The van der Waals surface area contributed by atoms with Gasteiger partial charge in [-0.15, -0.1) is 0 Å². The first-order chi connectivity index (χ1) is 14.3. The summed E-state index contributed by atoms with van der Waals surface area (Å²) in [6.07, 6.45) is 0. The van der Waals surface area contributed by atoms with Gasteiger partial charge in [-0.1, -0.05) is 28.9 Å². The summed E-state index contributed by atoms with van der Waals surface area (Å²) in [5, 5.41) is 21.8. The van der Waals surface area contributed by atoms with E-state index in [1.54, 1.807) is 19.1 Å². The smallest absolute Gasteiger partial charge is 0.248 e. The zero-order valence-corrected chi connectivity index (χ0v) is 18.2. The van der Waals surface area contributed by atoms with Crippen LogP contribution in [0.25, 0.3) is 11.4 Å². The number of hydrogen-bond donors (Lipinski definition) is 3. The normalized spacial score (nSPS) is 13.9. The minimum atomic E-state index is -1.12. The Kier molecular flexibility index (Phi) is 6.79. The summed E-state index contributed by atoms with van der Waals surface area (Å²) in [6, 6.07) is 9.08. The van der Waals surface area contributed by atoms with Crippen LogP contribution in [-0.2, 0) is 12.1 Å². The number of nitrogens with zero attached hydrogens (tertiary/aromatic N) is 3. The van der Waals surface area contributed by atoms with Crippen LogP contribution in [0.4, 0.5) is 0 Å². The molecule has 3 aromatic rings. The van der Waals surface area contributed by atoms with Crippen molar-refractivity contribution in [2.75, 3.05) is 13.1 Å². The van der Waals surface area contributed by atoms with E-state index >= 15 is 0 Å². The topological polar surface area (TPSA) is 109 Å². The fraction of sp³-hybridized carbons (Fsp3) is 0.381. The Morgan fingerprint density at radius 3 is 2.73 bits per heavy atom. The molecule has 3 rings (SSSR count). The van der Waals surface area contributed by atoms with Crippen LogP contribution in [0.1, 0.15) is 36.8 Å². The minimum Gasteiger partial charge on any atom is -0.466 e. The molecule has 2 heterocycles. The van der Waals surface area contributed by atoms with Gasteiger partial charge in [0, 0.05) is 22.7 Å². The molecule has 1 atom stereocenters. The van der Waals surface area contributed by atoms with Crippen molar-refractivity contribution < 1.29 is 14.0 Å². The first-order valence-corrected chi connectivity index (χ1v) is 10.1. The third-order valence-corrected chi connectivity index (χ3v) is 4.72. The molecule has 0 bridgehead atoms. The minimum absolute atomic E-state index is 0.189. The maximum absolute atomic E-state index is 10.9. The van der Waals surface area contributed by atoms with Crippen LogP contribution < -0.4 is 10.6 Å². The van der Waals surface area contributed by atoms with Gasteiger partial charge in [-0.05, 0) is 45.9 Å². The highest BCUT2D eigenvalue weighted by Gasteiger charge is 2.28. The second kappa shape index (κ2) is 9.32. The molecule has 160 valence electrons. The van der Waals surface area contributed by atoms with Crippen molar-refractivity contribution in [1.29, 1.82) is 0 Å². The molecule has 0 aliphatic heterocycles. The second-order valence-corrected chi connectivity index (χ2v) is 7.61. The summed E-state index contributed by atoms with van der Waals surface area (Å²) in [5.74, 6) is 2.80. The number of rotatable bonds is 7. The highest BCUT2D eigenvalue weighted by Crippen LogP contribution is 2.26. The molecule has 0 amide bonds. The van der Waals surface area contributed by atoms with Crippen LogP contribution in [0.15, 0.2) is 44.3 Å². The molecule has 0 aliphatic carbocycles. The van der Waals surface area contributed by atoms with Crippen LogP contribution in [0.3, 0.4) is 0 Å². The standard InChI is InChI=1S/C21H26ClN5O3/c1-5-23-20(25-12-21(4,28)17-9-13(2)29-14(17)3)24-11-18-26-19(27-30-18)15-7-6-8-16(22)10-15/h6-10,28H,5,11-12H2,1-4H3,(H2,23,24,25). The highest BCUT2D eigenvalue weighted by atomic mass is 35.5.